The standard InChI is InChI=1S/C12H12N2O6S2.C8H8N2O2/c13-7-1-3-9(11(5-7)21(15,16)17)10-4-2-8(14)6-12(10)22(18,19)20;9-7(11)5-1-2-6(4-3-5)8(10)12/h1-6H,13-14H2,(H,15,16,17)(H,18,19,20);1-4H,(H2,9,11)(H2,10,12). The first kappa shape index (κ1) is 26.3. The van der Waals surface area contributed by atoms with Gasteiger partial charge in [-0.2, -0.15) is 16.8 Å². The van der Waals surface area contributed by atoms with E-state index < -0.39 is 41.8 Å². The maximum atomic E-state index is 11.5. The molecular formula is C20H20N4O8S2. The van der Waals surface area contributed by atoms with Gasteiger partial charge in [0.15, 0.2) is 0 Å². The van der Waals surface area contributed by atoms with Crippen molar-refractivity contribution >= 4 is 43.4 Å². The Morgan fingerprint density at radius 3 is 1.12 bits per heavy atom. The Morgan fingerprint density at radius 1 is 0.588 bits per heavy atom. The Morgan fingerprint density at radius 2 is 0.882 bits per heavy atom. The second-order valence-electron chi connectivity index (χ2n) is 6.77. The van der Waals surface area contributed by atoms with Crippen LogP contribution in [-0.4, -0.2) is 37.8 Å². The van der Waals surface area contributed by atoms with Gasteiger partial charge in [0.25, 0.3) is 20.2 Å². The van der Waals surface area contributed by atoms with Gasteiger partial charge in [-0.3, -0.25) is 18.7 Å². The summed E-state index contributed by atoms with van der Waals surface area (Å²) in [6.45, 7) is 0. The second-order valence-corrected chi connectivity index (χ2v) is 9.55. The first-order valence-corrected chi connectivity index (χ1v) is 11.9. The third-order valence-electron chi connectivity index (χ3n) is 4.31. The van der Waals surface area contributed by atoms with Gasteiger partial charge in [0.2, 0.25) is 11.8 Å². The van der Waals surface area contributed by atoms with Gasteiger partial charge in [-0.25, -0.2) is 0 Å². The maximum absolute atomic E-state index is 11.5. The Balaban J connectivity index is 0.000000287. The molecule has 3 aromatic carbocycles. The topological polar surface area (TPSA) is 247 Å². The molecule has 0 atom stereocenters. The van der Waals surface area contributed by atoms with Gasteiger partial charge >= 0.3 is 0 Å². The Kier molecular flexibility index (Phi) is 7.64. The molecule has 2 amide bonds. The van der Waals surface area contributed by atoms with Crippen molar-refractivity contribution in [2.24, 2.45) is 11.5 Å². The van der Waals surface area contributed by atoms with Crippen LogP contribution in [-0.2, 0) is 20.2 Å². The van der Waals surface area contributed by atoms with Gasteiger partial charge in [0.1, 0.15) is 9.79 Å². The molecule has 3 rings (SSSR count). The van der Waals surface area contributed by atoms with E-state index in [-0.39, 0.29) is 22.5 Å². The fourth-order valence-corrected chi connectivity index (χ4v) is 4.23. The minimum absolute atomic E-state index is 0.0558. The highest BCUT2D eigenvalue weighted by Crippen LogP contribution is 2.34. The summed E-state index contributed by atoms with van der Waals surface area (Å²) in [6.07, 6.45) is 0. The number of nitrogen functional groups attached to an aromatic ring is 2. The number of carbonyl (C=O) groups is 2. The van der Waals surface area contributed by atoms with E-state index in [9.17, 15) is 35.5 Å². The van der Waals surface area contributed by atoms with E-state index in [4.69, 9.17) is 22.9 Å². The summed E-state index contributed by atoms with van der Waals surface area (Å²) in [5.41, 5.74) is 21.5. The number of primary amides is 2. The fourth-order valence-electron chi connectivity index (χ4n) is 2.75. The number of anilines is 2. The van der Waals surface area contributed by atoms with Crippen LogP contribution < -0.4 is 22.9 Å². The lowest BCUT2D eigenvalue weighted by Crippen LogP contribution is -2.13. The van der Waals surface area contributed by atoms with E-state index in [0.29, 0.717) is 11.1 Å². The molecule has 14 heteroatoms. The van der Waals surface area contributed by atoms with Gasteiger partial charge in [0.05, 0.1) is 0 Å². The average Bonchev–Trinajstić information content (AvgIpc) is 2.73. The maximum Gasteiger partial charge on any atom is 0.295 e. The van der Waals surface area contributed by atoms with Crippen molar-refractivity contribution in [3.8, 4) is 11.1 Å². The molecular weight excluding hydrogens is 488 g/mol. The number of amides is 2. The average molecular weight is 509 g/mol. The molecule has 0 spiro atoms. The highest BCUT2D eigenvalue weighted by Gasteiger charge is 2.23. The molecule has 0 bridgehead atoms. The highest BCUT2D eigenvalue weighted by molar-refractivity contribution is 7.86. The molecule has 0 saturated carbocycles. The second kappa shape index (κ2) is 9.88. The van der Waals surface area contributed by atoms with Crippen molar-refractivity contribution in [3.05, 3.63) is 71.8 Å². The number of carbonyl (C=O) groups excluding carboxylic acids is 2. The first-order valence-electron chi connectivity index (χ1n) is 9.05. The third-order valence-corrected chi connectivity index (χ3v) is 6.10. The van der Waals surface area contributed by atoms with Crippen LogP contribution >= 0.6 is 0 Å². The van der Waals surface area contributed by atoms with Gasteiger partial charge in [-0.15, -0.1) is 0 Å². The molecule has 0 aliphatic rings. The summed E-state index contributed by atoms with van der Waals surface area (Å²) in [5.74, 6) is -1.04. The molecule has 0 aliphatic heterocycles. The van der Waals surface area contributed by atoms with Crippen LogP contribution in [0, 0.1) is 0 Å². The van der Waals surface area contributed by atoms with Crippen molar-refractivity contribution in [1.82, 2.24) is 0 Å². The minimum Gasteiger partial charge on any atom is -0.399 e. The molecule has 0 aliphatic carbocycles. The SMILES string of the molecule is NC(=O)c1ccc(C(N)=O)cc1.Nc1ccc(-c2ccc(N)cc2S(=O)(=O)O)c(S(=O)(=O)O)c1. The van der Waals surface area contributed by atoms with Gasteiger partial charge < -0.3 is 22.9 Å². The van der Waals surface area contributed by atoms with Crippen LogP contribution in [0.3, 0.4) is 0 Å². The van der Waals surface area contributed by atoms with Crippen molar-refractivity contribution in [2.75, 3.05) is 11.5 Å². The van der Waals surface area contributed by atoms with E-state index >= 15 is 0 Å². The molecule has 0 saturated heterocycles. The first-order chi connectivity index (χ1) is 15.6. The summed E-state index contributed by atoms with van der Waals surface area (Å²) < 4.78 is 64.4. The van der Waals surface area contributed by atoms with Gasteiger partial charge in [-0.1, -0.05) is 12.1 Å². The molecule has 0 aromatic heterocycles. The zero-order valence-electron chi connectivity index (χ0n) is 17.2. The fraction of sp³-hybridized carbons (Fsp3) is 0. The smallest absolute Gasteiger partial charge is 0.295 e. The van der Waals surface area contributed by atoms with Crippen molar-refractivity contribution < 1.29 is 35.5 Å². The number of hydrogen-bond acceptors (Lipinski definition) is 8. The van der Waals surface area contributed by atoms with Crippen LogP contribution in [0.2, 0.25) is 0 Å². The number of benzene rings is 3. The molecule has 0 heterocycles. The lowest BCUT2D eigenvalue weighted by Gasteiger charge is -2.12. The van der Waals surface area contributed by atoms with E-state index in [1.54, 1.807) is 0 Å². The Hall–Kier alpha value is -3.98. The van der Waals surface area contributed by atoms with Crippen LogP contribution in [0.4, 0.5) is 11.4 Å². The molecule has 0 radical (unpaired) electrons. The number of nitrogens with two attached hydrogens (primary N) is 4. The van der Waals surface area contributed by atoms with Crippen LogP contribution in [0.25, 0.3) is 11.1 Å². The zero-order chi connectivity index (χ0) is 25.8. The molecule has 0 fully saturated rings. The van der Waals surface area contributed by atoms with Gasteiger partial charge in [0, 0.05) is 33.6 Å². The lowest BCUT2D eigenvalue weighted by atomic mass is 10.0. The minimum atomic E-state index is -4.66. The van der Waals surface area contributed by atoms with Crippen molar-refractivity contribution in [1.29, 1.82) is 0 Å². The highest BCUT2D eigenvalue weighted by atomic mass is 32.2. The van der Waals surface area contributed by atoms with Crippen LogP contribution in [0.1, 0.15) is 20.7 Å². The Labute approximate surface area is 194 Å². The summed E-state index contributed by atoms with van der Waals surface area (Å²) >= 11 is 0. The molecule has 10 N–H and O–H groups in total. The Bertz CT molecular complexity index is 1360. The largest absolute Gasteiger partial charge is 0.399 e. The van der Waals surface area contributed by atoms with E-state index in [1.807, 2.05) is 0 Å². The molecule has 3 aromatic rings. The number of rotatable bonds is 5. The predicted molar refractivity (Wildman–Crippen MR) is 124 cm³/mol. The molecule has 34 heavy (non-hydrogen) atoms. The normalized spacial score (nSPS) is 11.2. The summed E-state index contributed by atoms with van der Waals surface area (Å²) in [4.78, 5) is 20.0. The monoisotopic (exact) mass is 508 g/mol. The summed E-state index contributed by atoms with van der Waals surface area (Å²) in [5, 5.41) is 0. The number of hydrogen-bond donors (Lipinski definition) is 6. The van der Waals surface area contributed by atoms with Crippen molar-refractivity contribution in [3.63, 3.8) is 0 Å². The zero-order valence-corrected chi connectivity index (χ0v) is 18.9. The quantitative estimate of drug-likeness (QED) is 0.210. The van der Waals surface area contributed by atoms with Crippen LogP contribution in [0.5, 0.6) is 0 Å². The van der Waals surface area contributed by atoms with E-state index in [1.165, 1.54) is 48.5 Å². The third kappa shape index (κ3) is 6.52. The lowest BCUT2D eigenvalue weighted by molar-refractivity contribution is 0.0988. The summed E-state index contributed by atoms with van der Waals surface area (Å²) in [7, 11) is -9.33. The van der Waals surface area contributed by atoms with E-state index in [0.717, 1.165) is 12.1 Å². The van der Waals surface area contributed by atoms with Crippen molar-refractivity contribution in [2.45, 2.75) is 9.79 Å². The molecule has 180 valence electrons. The van der Waals surface area contributed by atoms with Crippen LogP contribution in [0.15, 0.2) is 70.5 Å². The van der Waals surface area contributed by atoms with Gasteiger partial charge in [-0.05, 0) is 48.5 Å². The summed E-state index contributed by atoms with van der Waals surface area (Å²) in [6, 6.07) is 12.9. The van der Waals surface area contributed by atoms with E-state index in [2.05, 4.69) is 0 Å². The molecule has 12 nitrogen and oxygen atoms in total. The molecule has 0 unspecified atom stereocenters. The predicted octanol–water partition coefficient (Wildman–Crippen LogP) is 0.896.